The van der Waals surface area contributed by atoms with Crippen LogP contribution in [0.15, 0.2) is 48.5 Å². The summed E-state index contributed by atoms with van der Waals surface area (Å²) in [6.45, 7) is 8.59. The van der Waals surface area contributed by atoms with Gasteiger partial charge in [0.2, 0.25) is 0 Å². The maximum absolute atomic E-state index is 13.0. The maximum Gasteiger partial charge on any atom is 0.278 e. The summed E-state index contributed by atoms with van der Waals surface area (Å²) >= 11 is 0. The number of anilines is 1. The predicted octanol–water partition coefficient (Wildman–Crippen LogP) is 1.63. The molecule has 0 bridgehead atoms. The van der Waals surface area contributed by atoms with Gasteiger partial charge in [-0.2, -0.15) is 0 Å². The zero-order valence-electron chi connectivity index (χ0n) is 16.6. The van der Waals surface area contributed by atoms with Crippen LogP contribution < -0.4 is 19.9 Å². The maximum atomic E-state index is 13.0. The van der Waals surface area contributed by atoms with Crippen LogP contribution in [0.5, 0.6) is 5.75 Å². The number of hydrogen-bond donors (Lipinski definition) is 2. The molecule has 0 unspecified atom stereocenters. The van der Waals surface area contributed by atoms with E-state index in [1.54, 1.807) is 12.1 Å². The van der Waals surface area contributed by atoms with Crippen molar-refractivity contribution in [3.8, 4) is 5.75 Å². The summed E-state index contributed by atoms with van der Waals surface area (Å²) in [5.41, 5.74) is 2.02. The van der Waals surface area contributed by atoms with Crippen LogP contribution in [0.1, 0.15) is 19.4 Å². The van der Waals surface area contributed by atoms with Gasteiger partial charge in [-0.25, -0.2) is 4.39 Å². The Kier molecular flexibility index (Phi) is 6.87. The average Bonchev–Trinajstić information content (AvgIpc) is 2.73. The van der Waals surface area contributed by atoms with Gasteiger partial charge in [0, 0.05) is 6.54 Å². The third-order valence-electron chi connectivity index (χ3n) is 5.30. The normalized spacial score (nSPS) is 15.9. The number of halogens is 1. The number of hydrogen-bond acceptors (Lipinski definition) is 3. The summed E-state index contributed by atoms with van der Waals surface area (Å²) in [6.07, 6.45) is 0. The van der Waals surface area contributed by atoms with Gasteiger partial charge in [-0.05, 0) is 43.7 Å². The van der Waals surface area contributed by atoms with Crippen LogP contribution in [0.3, 0.4) is 0 Å². The van der Waals surface area contributed by atoms with E-state index in [0.29, 0.717) is 13.2 Å². The molecule has 0 spiro atoms. The number of carbonyl (C=O) groups excluding carboxylic acids is 1. The van der Waals surface area contributed by atoms with Gasteiger partial charge >= 0.3 is 0 Å². The highest BCUT2D eigenvalue weighted by Gasteiger charge is 2.29. The number of quaternary nitrogens is 1. The van der Waals surface area contributed by atoms with E-state index in [1.807, 2.05) is 32.0 Å². The van der Waals surface area contributed by atoms with Crippen LogP contribution in [0.2, 0.25) is 0 Å². The Morgan fingerprint density at radius 2 is 1.86 bits per heavy atom. The molecule has 1 aliphatic rings. The van der Waals surface area contributed by atoms with Crippen molar-refractivity contribution in [2.75, 3.05) is 37.7 Å². The van der Waals surface area contributed by atoms with Crippen LogP contribution in [-0.4, -0.2) is 44.7 Å². The Morgan fingerprint density at radius 1 is 1.18 bits per heavy atom. The van der Waals surface area contributed by atoms with Gasteiger partial charge in [-0.3, -0.25) is 4.79 Å². The third-order valence-corrected chi connectivity index (χ3v) is 5.30. The van der Waals surface area contributed by atoms with Crippen molar-refractivity contribution in [3.05, 3.63) is 59.9 Å². The zero-order valence-corrected chi connectivity index (χ0v) is 16.6. The molecule has 1 saturated heterocycles. The van der Waals surface area contributed by atoms with Crippen LogP contribution in [0.4, 0.5) is 10.1 Å². The smallest absolute Gasteiger partial charge is 0.278 e. The topological polar surface area (TPSA) is 46.0 Å². The summed E-state index contributed by atoms with van der Waals surface area (Å²) < 4.78 is 18.7. The molecule has 2 aromatic rings. The first-order chi connectivity index (χ1) is 13.6. The van der Waals surface area contributed by atoms with Crippen molar-refractivity contribution in [1.82, 2.24) is 5.32 Å². The van der Waals surface area contributed by atoms with Gasteiger partial charge in [0.05, 0.1) is 38.5 Å². The molecule has 2 N–H and O–H groups in total. The first-order valence-corrected chi connectivity index (χ1v) is 9.92. The minimum Gasteiger partial charge on any atom is -0.492 e. The molecule has 28 heavy (non-hydrogen) atoms. The third kappa shape index (κ3) is 5.01. The summed E-state index contributed by atoms with van der Waals surface area (Å²) in [5, 5.41) is 2.97. The summed E-state index contributed by atoms with van der Waals surface area (Å²) in [6, 6.07) is 14.2. The van der Waals surface area contributed by atoms with E-state index >= 15 is 0 Å². The van der Waals surface area contributed by atoms with E-state index in [1.165, 1.54) is 17.0 Å². The summed E-state index contributed by atoms with van der Waals surface area (Å²) in [4.78, 5) is 16.1. The number of nitrogens with zero attached hydrogens (tertiary/aromatic N) is 1. The van der Waals surface area contributed by atoms with Crippen LogP contribution in [-0.2, 0) is 11.3 Å². The van der Waals surface area contributed by atoms with Gasteiger partial charge in [-0.15, -0.1) is 0 Å². The SMILES string of the molecule is CCOc1ccccc1N1CC[NH+]([C@@H](C)C(=O)NCc2ccc(F)cc2)CC1. The lowest BCUT2D eigenvalue weighted by atomic mass is 10.1. The molecule has 0 radical (unpaired) electrons. The van der Waals surface area contributed by atoms with E-state index in [4.69, 9.17) is 4.74 Å². The van der Waals surface area contributed by atoms with Crippen molar-refractivity contribution >= 4 is 11.6 Å². The number of amides is 1. The number of benzene rings is 2. The number of ether oxygens (including phenoxy) is 1. The Balaban J connectivity index is 1.51. The van der Waals surface area contributed by atoms with Gasteiger partial charge in [0.25, 0.3) is 5.91 Å². The fourth-order valence-corrected chi connectivity index (χ4v) is 3.59. The fraction of sp³-hybridized carbons (Fsp3) is 0.409. The number of para-hydroxylation sites is 2. The zero-order chi connectivity index (χ0) is 19.9. The predicted molar refractivity (Wildman–Crippen MR) is 108 cm³/mol. The summed E-state index contributed by atoms with van der Waals surface area (Å²) in [5.74, 6) is 0.678. The van der Waals surface area contributed by atoms with Crippen molar-refractivity contribution in [1.29, 1.82) is 0 Å². The minimum atomic E-state index is -0.267. The van der Waals surface area contributed by atoms with Crippen LogP contribution in [0, 0.1) is 5.82 Å². The number of rotatable bonds is 7. The second-order valence-corrected chi connectivity index (χ2v) is 7.11. The minimum absolute atomic E-state index is 0.0301. The molecule has 150 valence electrons. The van der Waals surface area contributed by atoms with Crippen molar-refractivity contribution < 1.29 is 18.8 Å². The molecular weight excluding hydrogens is 357 g/mol. The Hall–Kier alpha value is -2.60. The molecule has 1 amide bonds. The number of carbonyl (C=O) groups is 1. The lowest BCUT2D eigenvalue weighted by molar-refractivity contribution is -0.914. The molecule has 1 aliphatic heterocycles. The second kappa shape index (κ2) is 9.55. The molecule has 0 aliphatic carbocycles. The summed E-state index contributed by atoms with van der Waals surface area (Å²) in [7, 11) is 0. The van der Waals surface area contributed by atoms with Crippen molar-refractivity contribution in [2.24, 2.45) is 0 Å². The van der Waals surface area contributed by atoms with Crippen molar-refractivity contribution in [3.63, 3.8) is 0 Å². The van der Waals surface area contributed by atoms with E-state index in [-0.39, 0.29) is 17.8 Å². The second-order valence-electron chi connectivity index (χ2n) is 7.11. The molecule has 0 saturated carbocycles. The van der Waals surface area contributed by atoms with E-state index in [0.717, 1.165) is 43.2 Å². The highest BCUT2D eigenvalue weighted by molar-refractivity contribution is 5.79. The highest BCUT2D eigenvalue weighted by Crippen LogP contribution is 2.27. The van der Waals surface area contributed by atoms with Gasteiger partial charge in [0.15, 0.2) is 6.04 Å². The first kappa shape index (κ1) is 20.1. The van der Waals surface area contributed by atoms with E-state index in [9.17, 15) is 9.18 Å². The average molecular weight is 386 g/mol. The van der Waals surface area contributed by atoms with Gasteiger partial charge < -0.3 is 19.9 Å². The molecule has 1 atom stereocenters. The molecule has 6 heteroatoms. The quantitative estimate of drug-likeness (QED) is 0.761. The Morgan fingerprint density at radius 3 is 2.54 bits per heavy atom. The number of nitrogens with one attached hydrogen (secondary N) is 2. The van der Waals surface area contributed by atoms with E-state index < -0.39 is 0 Å². The largest absolute Gasteiger partial charge is 0.492 e. The molecule has 5 nitrogen and oxygen atoms in total. The molecule has 1 heterocycles. The van der Waals surface area contributed by atoms with Crippen molar-refractivity contribution in [2.45, 2.75) is 26.4 Å². The Labute approximate surface area is 166 Å². The molecule has 0 aromatic heterocycles. The molecule has 3 rings (SSSR count). The highest BCUT2D eigenvalue weighted by atomic mass is 19.1. The first-order valence-electron chi connectivity index (χ1n) is 9.92. The molecule has 1 fully saturated rings. The fourth-order valence-electron chi connectivity index (χ4n) is 3.59. The molecule has 2 aromatic carbocycles. The van der Waals surface area contributed by atoms with Crippen LogP contribution >= 0.6 is 0 Å². The van der Waals surface area contributed by atoms with Gasteiger partial charge in [0.1, 0.15) is 11.6 Å². The van der Waals surface area contributed by atoms with Crippen LogP contribution in [0.25, 0.3) is 0 Å². The van der Waals surface area contributed by atoms with E-state index in [2.05, 4.69) is 16.3 Å². The standard InChI is InChI=1S/C22H28FN3O2/c1-3-28-21-7-5-4-6-20(21)26-14-12-25(13-15-26)17(2)22(27)24-16-18-8-10-19(23)11-9-18/h4-11,17H,3,12-16H2,1-2H3,(H,24,27)/p+1/t17-/m0/s1. The van der Waals surface area contributed by atoms with Gasteiger partial charge in [-0.1, -0.05) is 24.3 Å². The molecular formula is C22H29FN3O2+. The lowest BCUT2D eigenvalue weighted by Crippen LogP contribution is -3.19. The number of piperazine rings is 1. The Bertz CT molecular complexity index is 774. The monoisotopic (exact) mass is 386 g/mol. The lowest BCUT2D eigenvalue weighted by Gasteiger charge is -2.36.